The number of hydrogen-bond donors (Lipinski definition) is 1. The number of carbonyl (C=O) groups is 1. The Morgan fingerprint density at radius 1 is 0.795 bits per heavy atom. The third kappa shape index (κ3) is 6.27. The molecule has 196 valence electrons. The molecule has 0 aliphatic heterocycles. The van der Waals surface area contributed by atoms with Crippen molar-refractivity contribution in [3.8, 4) is 28.7 Å². The predicted molar refractivity (Wildman–Crippen MR) is 150 cm³/mol. The first-order chi connectivity index (χ1) is 19.0. The Labute approximate surface area is 225 Å². The van der Waals surface area contributed by atoms with Crippen molar-refractivity contribution >= 4 is 22.6 Å². The van der Waals surface area contributed by atoms with E-state index in [2.05, 4.69) is 19.2 Å². The molecule has 0 saturated heterocycles. The van der Waals surface area contributed by atoms with Crippen LogP contribution >= 0.6 is 0 Å². The van der Waals surface area contributed by atoms with Crippen LogP contribution in [0.5, 0.6) is 28.7 Å². The number of carbonyl (C=O) groups excluding carboxylic acids is 1. The molecule has 5 rings (SSSR count). The summed E-state index contributed by atoms with van der Waals surface area (Å²) in [7, 11) is 0. The van der Waals surface area contributed by atoms with Gasteiger partial charge in [-0.2, -0.15) is 0 Å². The Hall–Kier alpha value is -5.04. The number of benzene rings is 4. The second-order valence-corrected chi connectivity index (χ2v) is 9.16. The summed E-state index contributed by atoms with van der Waals surface area (Å²) in [5.74, 6) is 2.40. The maximum atomic E-state index is 13.0. The van der Waals surface area contributed by atoms with Crippen LogP contribution in [-0.2, 0) is 4.79 Å². The van der Waals surface area contributed by atoms with Crippen LogP contribution in [0.25, 0.3) is 11.0 Å². The summed E-state index contributed by atoms with van der Waals surface area (Å²) in [6.07, 6.45) is 1.30. The standard InChI is InChI=1S/C32H27NO6/c1-21(2)26-10-6-7-11-28(26)39-30-19-37-29-18-25(16-17-27(29)32(30)35)36-20-31(34)33-22-12-14-24(15-13-22)38-23-8-4-3-5-9-23/h3-19,21H,20H2,1-2H3,(H,33,34). The van der Waals surface area contributed by atoms with Gasteiger partial charge in [0.2, 0.25) is 11.2 Å². The van der Waals surface area contributed by atoms with Gasteiger partial charge in [-0.25, -0.2) is 0 Å². The average Bonchev–Trinajstić information content (AvgIpc) is 2.95. The van der Waals surface area contributed by atoms with Crippen molar-refractivity contribution in [3.05, 3.63) is 119 Å². The molecule has 0 aliphatic carbocycles. The molecular weight excluding hydrogens is 494 g/mol. The zero-order valence-electron chi connectivity index (χ0n) is 21.5. The van der Waals surface area contributed by atoms with E-state index < -0.39 is 0 Å². The highest BCUT2D eigenvalue weighted by Gasteiger charge is 2.14. The van der Waals surface area contributed by atoms with Crippen LogP contribution in [0.2, 0.25) is 0 Å². The first-order valence-electron chi connectivity index (χ1n) is 12.5. The summed E-state index contributed by atoms with van der Waals surface area (Å²) in [5.41, 5.74) is 1.64. The zero-order chi connectivity index (χ0) is 27.2. The molecule has 5 aromatic rings. The van der Waals surface area contributed by atoms with E-state index in [-0.39, 0.29) is 29.6 Å². The van der Waals surface area contributed by atoms with Crippen molar-refractivity contribution in [3.63, 3.8) is 0 Å². The smallest absolute Gasteiger partial charge is 0.262 e. The van der Waals surface area contributed by atoms with Crippen molar-refractivity contribution < 1.29 is 23.4 Å². The molecular formula is C32H27NO6. The summed E-state index contributed by atoms with van der Waals surface area (Å²) < 4.78 is 23.0. The molecule has 7 nitrogen and oxygen atoms in total. The van der Waals surface area contributed by atoms with Gasteiger partial charge in [0.1, 0.15) is 34.8 Å². The number of hydrogen-bond acceptors (Lipinski definition) is 6. The van der Waals surface area contributed by atoms with Gasteiger partial charge in [-0.1, -0.05) is 50.2 Å². The van der Waals surface area contributed by atoms with Crippen molar-refractivity contribution in [2.24, 2.45) is 0 Å². The summed E-state index contributed by atoms with van der Waals surface area (Å²) >= 11 is 0. The van der Waals surface area contributed by atoms with E-state index in [1.807, 2.05) is 54.6 Å². The molecule has 0 atom stereocenters. The molecule has 0 aliphatic rings. The number of rotatable bonds is 9. The minimum absolute atomic E-state index is 0.101. The Bertz CT molecular complexity index is 1640. The van der Waals surface area contributed by atoms with Crippen molar-refractivity contribution in [2.45, 2.75) is 19.8 Å². The van der Waals surface area contributed by atoms with Gasteiger partial charge in [-0.05, 0) is 66.1 Å². The highest BCUT2D eigenvalue weighted by atomic mass is 16.5. The normalized spacial score (nSPS) is 10.8. The number of nitrogens with one attached hydrogen (secondary N) is 1. The maximum Gasteiger partial charge on any atom is 0.262 e. The Balaban J connectivity index is 1.20. The van der Waals surface area contributed by atoms with Crippen LogP contribution in [0.1, 0.15) is 25.3 Å². The molecule has 7 heteroatoms. The summed E-state index contributed by atoms with van der Waals surface area (Å²) in [6.45, 7) is 3.90. The largest absolute Gasteiger partial charge is 0.484 e. The van der Waals surface area contributed by atoms with Gasteiger partial charge in [0.15, 0.2) is 6.61 Å². The van der Waals surface area contributed by atoms with E-state index in [0.717, 1.165) is 11.3 Å². The molecule has 0 bridgehead atoms. The SMILES string of the molecule is CC(C)c1ccccc1Oc1coc2cc(OCC(=O)Nc3ccc(Oc4ccccc4)cc3)ccc2c1=O. The molecule has 0 fully saturated rings. The topological polar surface area (TPSA) is 87.0 Å². The van der Waals surface area contributed by atoms with Crippen molar-refractivity contribution in [1.82, 2.24) is 0 Å². The zero-order valence-corrected chi connectivity index (χ0v) is 21.5. The molecule has 1 heterocycles. The Morgan fingerprint density at radius 2 is 1.49 bits per heavy atom. The Morgan fingerprint density at radius 3 is 2.26 bits per heavy atom. The van der Waals surface area contributed by atoms with E-state index >= 15 is 0 Å². The van der Waals surface area contributed by atoms with Gasteiger partial charge >= 0.3 is 0 Å². The first-order valence-corrected chi connectivity index (χ1v) is 12.5. The number of fused-ring (bicyclic) bond motifs is 1. The maximum absolute atomic E-state index is 13.0. The monoisotopic (exact) mass is 521 g/mol. The van der Waals surface area contributed by atoms with E-state index in [4.69, 9.17) is 18.6 Å². The quantitative estimate of drug-likeness (QED) is 0.216. The minimum atomic E-state index is -0.333. The third-order valence-corrected chi connectivity index (χ3v) is 5.96. The van der Waals surface area contributed by atoms with E-state index in [1.54, 1.807) is 42.5 Å². The van der Waals surface area contributed by atoms with E-state index in [0.29, 0.717) is 33.9 Å². The highest BCUT2D eigenvalue weighted by molar-refractivity contribution is 5.92. The first kappa shape index (κ1) is 25.6. The number of para-hydroxylation sites is 2. The van der Waals surface area contributed by atoms with Gasteiger partial charge in [0, 0.05) is 11.8 Å². The van der Waals surface area contributed by atoms with Gasteiger partial charge in [-0.15, -0.1) is 0 Å². The lowest BCUT2D eigenvalue weighted by molar-refractivity contribution is -0.118. The predicted octanol–water partition coefficient (Wildman–Crippen LogP) is 7.52. The fourth-order valence-electron chi connectivity index (χ4n) is 4.00. The van der Waals surface area contributed by atoms with Crippen LogP contribution < -0.4 is 25.0 Å². The van der Waals surface area contributed by atoms with Crippen LogP contribution in [-0.4, -0.2) is 12.5 Å². The van der Waals surface area contributed by atoms with Crippen LogP contribution in [0.15, 0.2) is 113 Å². The summed E-state index contributed by atoms with van der Waals surface area (Å²) in [4.78, 5) is 25.4. The van der Waals surface area contributed by atoms with Gasteiger partial charge < -0.3 is 23.9 Å². The average molecular weight is 522 g/mol. The second-order valence-electron chi connectivity index (χ2n) is 9.16. The number of ether oxygens (including phenoxy) is 3. The lowest BCUT2D eigenvalue weighted by Gasteiger charge is -2.13. The molecule has 0 unspecified atom stereocenters. The fourth-order valence-corrected chi connectivity index (χ4v) is 4.00. The van der Waals surface area contributed by atoms with Gasteiger partial charge in [0.25, 0.3) is 5.91 Å². The van der Waals surface area contributed by atoms with Crippen molar-refractivity contribution in [1.29, 1.82) is 0 Å². The molecule has 0 saturated carbocycles. The number of amides is 1. The second kappa shape index (κ2) is 11.6. The summed E-state index contributed by atoms with van der Waals surface area (Å²) in [5, 5.41) is 3.13. The molecule has 39 heavy (non-hydrogen) atoms. The molecule has 0 radical (unpaired) electrons. The molecule has 4 aromatic carbocycles. The molecule has 1 aromatic heterocycles. The van der Waals surface area contributed by atoms with Crippen molar-refractivity contribution in [2.75, 3.05) is 11.9 Å². The number of anilines is 1. The third-order valence-electron chi connectivity index (χ3n) is 5.96. The van der Waals surface area contributed by atoms with Gasteiger partial charge in [0.05, 0.1) is 5.39 Å². The lowest BCUT2D eigenvalue weighted by Crippen LogP contribution is -2.20. The fraction of sp³-hybridized carbons (Fsp3) is 0.125. The molecule has 1 N–H and O–H groups in total. The van der Waals surface area contributed by atoms with Crippen LogP contribution in [0, 0.1) is 0 Å². The van der Waals surface area contributed by atoms with E-state index in [1.165, 1.54) is 6.26 Å². The lowest BCUT2D eigenvalue weighted by atomic mass is 10.0. The summed E-state index contributed by atoms with van der Waals surface area (Å²) in [6, 6.07) is 28.9. The Kier molecular flexibility index (Phi) is 7.59. The van der Waals surface area contributed by atoms with E-state index in [9.17, 15) is 9.59 Å². The molecule has 0 spiro atoms. The molecule has 1 amide bonds. The highest BCUT2D eigenvalue weighted by Crippen LogP contribution is 2.30. The van der Waals surface area contributed by atoms with Gasteiger partial charge in [-0.3, -0.25) is 9.59 Å². The minimum Gasteiger partial charge on any atom is -0.484 e. The van der Waals surface area contributed by atoms with Crippen LogP contribution in [0.3, 0.4) is 0 Å². The van der Waals surface area contributed by atoms with Crippen LogP contribution in [0.4, 0.5) is 5.69 Å².